The van der Waals surface area contributed by atoms with Crippen molar-refractivity contribution in [2.24, 2.45) is 0 Å². The Labute approximate surface area is 173 Å². The van der Waals surface area contributed by atoms with Crippen molar-refractivity contribution in [3.05, 3.63) is 64.4 Å². The first-order valence-corrected chi connectivity index (χ1v) is 9.23. The van der Waals surface area contributed by atoms with E-state index in [9.17, 15) is 22.8 Å². The third-order valence-corrected chi connectivity index (χ3v) is 5.01. The molecule has 2 aromatic carbocycles. The lowest BCUT2D eigenvalue weighted by molar-refractivity contribution is -0.125. The topological polar surface area (TPSA) is 76.0 Å². The second-order valence-electron chi connectivity index (χ2n) is 6.76. The first-order valence-electron chi connectivity index (χ1n) is 8.85. The van der Waals surface area contributed by atoms with Gasteiger partial charge in [0.25, 0.3) is 0 Å². The summed E-state index contributed by atoms with van der Waals surface area (Å²) in [6, 6.07) is 7.39. The highest BCUT2D eigenvalue weighted by Gasteiger charge is 2.34. The average Bonchev–Trinajstić information content (AvgIpc) is 3.04. The van der Waals surface area contributed by atoms with Gasteiger partial charge in [0.1, 0.15) is 11.9 Å². The minimum Gasteiger partial charge on any atom is -0.322 e. The van der Waals surface area contributed by atoms with E-state index in [-0.39, 0.29) is 6.42 Å². The number of benzene rings is 2. The number of hydrogen-bond donors (Lipinski definition) is 2. The molecule has 10 heteroatoms. The number of nitrogens with zero attached hydrogens (tertiary/aromatic N) is 2. The molecule has 30 heavy (non-hydrogen) atoms. The fraction of sp³-hybridized carbons (Fsp3) is 0.150. The lowest BCUT2D eigenvalue weighted by Crippen LogP contribution is -2.36. The molecular formula is C20H14ClF3N4O2. The summed E-state index contributed by atoms with van der Waals surface area (Å²) in [4.78, 5) is 25.0. The maximum absolute atomic E-state index is 13.9. The second-order valence-corrected chi connectivity index (χ2v) is 7.19. The Morgan fingerprint density at radius 1 is 1.23 bits per heavy atom. The minimum absolute atomic E-state index is 0.264. The van der Waals surface area contributed by atoms with E-state index in [1.807, 2.05) is 0 Å². The SMILES string of the molecule is Cc1c(-c2cccc(Cl)c2)nn2c1NC(=O)C[C@@H]2C(=O)Nc1ccc(F)c(F)c1F. The summed E-state index contributed by atoms with van der Waals surface area (Å²) in [5.74, 6) is -5.52. The first kappa shape index (κ1) is 20.0. The quantitative estimate of drug-likeness (QED) is 0.598. The lowest BCUT2D eigenvalue weighted by Gasteiger charge is -2.24. The van der Waals surface area contributed by atoms with Crippen LogP contribution in [0.1, 0.15) is 18.0 Å². The zero-order valence-electron chi connectivity index (χ0n) is 15.5. The van der Waals surface area contributed by atoms with E-state index in [1.54, 1.807) is 31.2 Å². The summed E-state index contributed by atoms with van der Waals surface area (Å²) in [6.07, 6.45) is -0.264. The third kappa shape index (κ3) is 3.41. The van der Waals surface area contributed by atoms with Crippen LogP contribution in [-0.4, -0.2) is 21.6 Å². The smallest absolute Gasteiger partial charge is 0.249 e. The normalized spacial score (nSPS) is 15.5. The Morgan fingerprint density at radius 3 is 2.73 bits per heavy atom. The van der Waals surface area contributed by atoms with Gasteiger partial charge >= 0.3 is 0 Å². The van der Waals surface area contributed by atoms with Crippen molar-refractivity contribution in [2.75, 3.05) is 10.6 Å². The van der Waals surface area contributed by atoms with Gasteiger partial charge in [-0.15, -0.1) is 0 Å². The van der Waals surface area contributed by atoms with Gasteiger partial charge in [-0.25, -0.2) is 17.9 Å². The van der Waals surface area contributed by atoms with Crippen molar-refractivity contribution in [3.63, 3.8) is 0 Å². The van der Waals surface area contributed by atoms with Crippen molar-refractivity contribution >= 4 is 34.9 Å². The summed E-state index contributed by atoms with van der Waals surface area (Å²) in [6.45, 7) is 1.73. The molecule has 4 rings (SSSR count). The highest BCUT2D eigenvalue weighted by atomic mass is 35.5. The molecule has 6 nitrogen and oxygen atoms in total. The summed E-state index contributed by atoms with van der Waals surface area (Å²) < 4.78 is 41.9. The standard InChI is InChI=1S/C20H14ClF3N4O2/c1-9-18(10-3-2-4-11(21)7-10)27-28-14(8-15(29)26-19(9)28)20(30)25-13-6-5-12(22)16(23)17(13)24/h2-7,14H,8H2,1H3,(H,25,30)(H,26,29)/t14-/m1/s1. The van der Waals surface area contributed by atoms with Crippen LogP contribution in [0.2, 0.25) is 5.02 Å². The number of amides is 2. The van der Waals surface area contributed by atoms with E-state index >= 15 is 0 Å². The van der Waals surface area contributed by atoms with E-state index in [0.29, 0.717) is 33.7 Å². The molecule has 3 aromatic rings. The predicted octanol–water partition coefficient (Wildman–Crippen LogP) is 4.45. The van der Waals surface area contributed by atoms with Gasteiger partial charge in [-0.3, -0.25) is 9.59 Å². The van der Waals surface area contributed by atoms with E-state index in [2.05, 4.69) is 15.7 Å². The molecule has 2 amide bonds. The van der Waals surface area contributed by atoms with E-state index in [4.69, 9.17) is 11.6 Å². The number of carbonyl (C=O) groups is 2. The van der Waals surface area contributed by atoms with Gasteiger partial charge in [0.15, 0.2) is 17.5 Å². The number of rotatable bonds is 3. The van der Waals surface area contributed by atoms with Crippen molar-refractivity contribution in [1.82, 2.24) is 9.78 Å². The maximum atomic E-state index is 13.9. The van der Waals surface area contributed by atoms with Crippen molar-refractivity contribution < 1.29 is 22.8 Å². The molecule has 0 saturated heterocycles. The Kier molecular flexibility index (Phi) is 4.98. The minimum atomic E-state index is -1.70. The Morgan fingerprint density at radius 2 is 2.00 bits per heavy atom. The molecule has 1 atom stereocenters. The number of aromatic nitrogens is 2. The molecule has 0 radical (unpaired) electrons. The Hall–Kier alpha value is -3.33. The molecule has 2 N–H and O–H groups in total. The zero-order valence-corrected chi connectivity index (χ0v) is 16.2. The molecule has 0 bridgehead atoms. The molecule has 1 aromatic heterocycles. The van der Waals surface area contributed by atoms with Crippen LogP contribution in [0.15, 0.2) is 36.4 Å². The summed E-state index contributed by atoms with van der Waals surface area (Å²) >= 11 is 6.04. The number of carbonyl (C=O) groups excluding carboxylic acids is 2. The second kappa shape index (κ2) is 7.49. The molecule has 2 heterocycles. The summed E-state index contributed by atoms with van der Waals surface area (Å²) in [5.41, 5.74) is 1.26. The van der Waals surface area contributed by atoms with Crippen molar-refractivity contribution in [3.8, 4) is 11.3 Å². The molecule has 0 spiro atoms. The Balaban J connectivity index is 1.71. The average molecular weight is 435 g/mol. The molecule has 1 aliphatic heterocycles. The number of nitrogens with one attached hydrogen (secondary N) is 2. The monoisotopic (exact) mass is 434 g/mol. The van der Waals surface area contributed by atoms with Gasteiger partial charge in [0.05, 0.1) is 17.8 Å². The van der Waals surface area contributed by atoms with E-state index < -0.39 is 41.0 Å². The van der Waals surface area contributed by atoms with Crippen LogP contribution in [0.5, 0.6) is 0 Å². The van der Waals surface area contributed by atoms with Gasteiger partial charge in [-0.05, 0) is 31.2 Å². The third-order valence-electron chi connectivity index (χ3n) is 4.77. The molecular weight excluding hydrogens is 421 g/mol. The highest BCUT2D eigenvalue weighted by Crippen LogP contribution is 2.35. The predicted molar refractivity (Wildman–Crippen MR) is 105 cm³/mol. The lowest BCUT2D eigenvalue weighted by atomic mass is 10.1. The van der Waals surface area contributed by atoms with Crippen LogP contribution >= 0.6 is 11.6 Å². The van der Waals surface area contributed by atoms with Crippen LogP contribution in [0.25, 0.3) is 11.3 Å². The van der Waals surface area contributed by atoms with Crippen LogP contribution in [0, 0.1) is 24.4 Å². The van der Waals surface area contributed by atoms with Crippen molar-refractivity contribution in [2.45, 2.75) is 19.4 Å². The fourth-order valence-electron chi connectivity index (χ4n) is 3.29. The summed E-state index contributed by atoms with van der Waals surface area (Å²) in [5, 5.41) is 9.82. The van der Waals surface area contributed by atoms with E-state index in [1.165, 1.54) is 4.68 Å². The van der Waals surface area contributed by atoms with Gasteiger partial charge in [-0.1, -0.05) is 23.7 Å². The van der Waals surface area contributed by atoms with Gasteiger partial charge in [0, 0.05) is 16.1 Å². The van der Waals surface area contributed by atoms with Gasteiger partial charge in [-0.2, -0.15) is 5.10 Å². The van der Waals surface area contributed by atoms with Crippen LogP contribution in [0.3, 0.4) is 0 Å². The molecule has 1 aliphatic rings. The number of hydrogen-bond acceptors (Lipinski definition) is 3. The number of fused-ring (bicyclic) bond motifs is 1. The number of halogens is 4. The van der Waals surface area contributed by atoms with Gasteiger partial charge < -0.3 is 10.6 Å². The molecule has 0 saturated carbocycles. The molecule has 0 aliphatic carbocycles. The largest absolute Gasteiger partial charge is 0.322 e. The number of anilines is 2. The van der Waals surface area contributed by atoms with Gasteiger partial charge in [0.2, 0.25) is 11.8 Å². The molecule has 0 fully saturated rings. The van der Waals surface area contributed by atoms with Crippen LogP contribution in [0.4, 0.5) is 24.7 Å². The fourth-order valence-corrected chi connectivity index (χ4v) is 3.48. The van der Waals surface area contributed by atoms with Crippen LogP contribution < -0.4 is 10.6 Å². The highest BCUT2D eigenvalue weighted by molar-refractivity contribution is 6.30. The Bertz CT molecular complexity index is 1200. The van der Waals surface area contributed by atoms with Crippen molar-refractivity contribution in [1.29, 1.82) is 0 Å². The first-order chi connectivity index (χ1) is 14.3. The van der Waals surface area contributed by atoms with E-state index in [0.717, 1.165) is 6.07 Å². The van der Waals surface area contributed by atoms with Crippen LogP contribution in [-0.2, 0) is 9.59 Å². The summed E-state index contributed by atoms with van der Waals surface area (Å²) in [7, 11) is 0. The zero-order chi connectivity index (χ0) is 21.6. The maximum Gasteiger partial charge on any atom is 0.249 e. The molecule has 154 valence electrons. The molecule has 0 unspecified atom stereocenters.